The lowest BCUT2D eigenvalue weighted by atomic mass is 9.99. The van der Waals surface area contributed by atoms with Crippen LogP contribution in [-0.2, 0) is 11.2 Å². The number of thiophene rings is 1. The average molecular weight is 292 g/mol. The fourth-order valence-corrected chi connectivity index (χ4v) is 2.94. The van der Waals surface area contributed by atoms with Gasteiger partial charge in [-0.05, 0) is 53.9 Å². The molecule has 3 nitrogen and oxygen atoms in total. The van der Waals surface area contributed by atoms with Gasteiger partial charge in [0, 0.05) is 4.88 Å². The molecule has 0 aliphatic heterocycles. The number of hydrogen-bond acceptors (Lipinski definition) is 3. The lowest BCUT2D eigenvalue weighted by molar-refractivity contribution is -0.141. The minimum absolute atomic E-state index is 0.306. The molecule has 0 aliphatic rings. The van der Waals surface area contributed by atoms with Crippen LogP contribution >= 0.6 is 27.3 Å². The summed E-state index contributed by atoms with van der Waals surface area (Å²) in [6.07, 6.45) is 2.02. The van der Waals surface area contributed by atoms with Crippen LogP contribution in [0, 0.1) is 5.92 Å². The summed E-state index contributed by atoms with van der Waals surface area (Å²) < 4.78 is 1.04. The summed E-state index contributed by atoms with van der Waals surface area (Å²) in [6.45, 7) is 0.553. The maximum absolute atomic E-state index is 11.0. The van der Waals surface area contributed by atoms with Gasteiger partial charge in [0.25, 0.3) is 0 Å². The Balaban J connectivity index is 2.54. The van der Waals surface area contributed by atoms with Gasteiger partial charge in [0.1, 0.15) is 0 Å². The van der Waals surface area contributed by atoms with E-state index >= 15 is 0 Å². The molecule has 0 amide bonds. The van der Waals surface area contributed by atoms with Gasteiger partial charge in [-0.2, -0.15) is 0 Å². The molecule has 0 aliphatic carbocycles. The van der Waals surface area contributed by atoms with Gasteiger partial charge in [-0.25, -0.2) is 0 Å². The summed E-state index contributed by atoms with van der Waals surface area (Å²) in [5.74, 6) is -1.04. The Morgan fingerprint density at radius 3 is 2.80 bits per heavy atom. The average Bonchev–Trinajstić information content (AvgIpc) is 2.58. The number of nitrogens with two attached hydrogens (primary N) is 1. The third-order valence-corrected chi connectivity index (χ3v) is 3.83. The second kappa shape index (κ2) is 6.25. The molecule has 1 aromatic heterocycles. The molecule has 0 radical (unpaired) electrons. The van der Waals surface area contributed by atoms with E-state index in [4.69, 9.17) is 10.8 Å². The van der Waals surface area contributed by atoms with Gasteiger partial charge >= 0.3 is 5.97 Å². The SMILES string of the molecule is NCCCC(Cc1ccc(Br)s1)C(=O)O. The predicted octanol–water partition coefficient (Wildman–Crippen LogP) is 2.49. The first-order valence-electron chi connectivity index (χ1n) is 4.80. The quantitative estimate of drug-likeness (QED) is 0.846. The van der Waals surface area contributed by atoms with Crippen molar-refractivity contribution in [2.75, 3.05) is 6.54 Å². The number of rotatable bonds is 6. The molecule has 84 valence electrons. The second-order valence-corrected chi connectivity index (χ2v) is 5.92. The Morgan fingerprint density at radius 2 is 2.33 bits per heavy atom. The highest BCUT2D eigenvalue weighted by molar-refractivity contribution is 9.11. The van der Waals surface area contributed by atoms with E-state index in [2.05, 4.69) is 15.9 Å². The second-order valence-electron chi connectivity index (χ2n) is 3.38. The van der Waals surface area contributed by atoms with Crippen molar-refractivity contribution in [3.05, 3.63) is 20.8 Å². The summed E-state index contributed by atoms with van der Waals surface area (Å²) in [5.41, 5.74) is 5.38. The topological polar surface area (TPSA) is 63.3 Å². The monoisotopic (exact) mass is 291 g/mol. The van der Waals surface area contributed by atoms with Gasteiger partial charge in [-0.1, -0.05) is 0 Å². The van der Waals surface area contributed by atoms with Crippen molar-refractivity contribution in [3.63, 3.8) is 0 Å². The molecule has 0 saturated carbocycles. The minimum Gasteiger partial charge on any atom is -0.481 e. The lowest BCUT2D eigenvalue weighted by Crippen LogP contribution is -2.17. The van der Waals surface area contributed by atoms with Crippen LogP contribution in [0.3, 0.4) is 0 Å². The van der Waals surface area contributed by atoms with E-state index in [-0.39, 0.29) is 5.92 Å². The molecule has 0 spiro atoms. The molecule has 1 heterocycles. The molecule has 0 bridgehead atoms. The van der Waals surface area contributed by atoms with Crippen molar-refractivity contribution in [1.29, 1.82) is 0 Å². The third kappa shape index (κ3) is 4.32. The minimum atomic E-state index is -0.729. The predicted molar refractivity (Wildman–Crippen MR) is 65.1 cm³/mol. The van der Waals surface area contributed by atoms with E-state index in [1.807, 2.05) is 12.1 Å². The summed E-state index contributed by atoms with van der Waals surface area (Å²) in [6, 6.07) is 3.91. The van der Waals surface area contributed by atoms with Crippen molar-refractivity contribution >= 4 is 33.2 Å². The fourth-order valence-electron chi connectivity index (χ4n) is 1.38. The normalized spacial score (nSPS) is 12.7. The van der Waals surface area contributed by atoms with Crippen molar-refractivity contribution in [1.82, 2.24) is 0 Å². The van der Waals surface area contributed by atoms with Gasteiger partial charge in [0.15, 0.2) is 0 Å². The van der Waals surface area contributed by atoms with Crippen LogP contribution in [0.1, 0.15) is 17.7 Å². The zero-order valence-corrected chi connectivity index (χ0v) is 10.7. The number of carboxylic acid groups (broad SMARTS) is 1. The Hall–Kier alpha value is -0.390. The van der Waals surface area contributed by atoms with Crippen LogP contribution in [0.4, 0.5) is 0 Å². The summed E-state index contributed by atoms with van der Waals surface area (Å²) in [7, 11) is 0. The highest BCUT2D eigenvalue weighted by Crippen LogP contribution is 2.25. The van der Waals surface area contributed by atoms with Gasteiger partial charge in [0.05, 0.1) is 9.70 Å². The van der Waals surface area contributed by atoms with Crippen LogP contribution < -0.4 is 5.73 Å². The number of halogens is 1. The van der Waals surface area contributed by atoms with E-state index < -0.39 is 5.97 Å². The maximum Gasteiger partial charge on any atom is 0.306 e. The third-order valence-electron chi connectivity index (χ3n) is 2.18. The van der Waals surface area contributed by atoms with Crippen LogP contribution in [-0.4, -0.2) is 17.6 Å². The molecule has 1 aromatic rings. The van der Waals surface area contributed by atoms with Crippen LogP contribution in [0.2, 0.25) is 0 Å². The van der Waals surface area contributed by atoms with E-state index in [1.165, 1.54) is 0 Å². The molecule has 15 heavy (non-hydrogen) atoms. The first-order valence-corrected chi connectivity index (χ1v) is 6.41. The molecular weight excluding hydrogens is 278 g/mol. The van der Waals surface area contributed by atoms with E-state index in [0.717, 1.165) is 15.1 Å². The standard InChI is InChI=1S/C10H14BrNO2S/c11-9-4-3-8(15-9)6-7(10(13)14)2-1-5-12/h3-4,7H,1-2,5-6,12H2,(H,13,14). The summed E-state index contributed by atoms with van der Waals surface area (Å²) in [4.78, 5) is 12.1. The molecule has 3 N–H and O–H groups in total. The first kappa shape index (κ1) is 12.7. The van der Waals surface area contributed by atoms with Crippen LogP contribution in [0.15, 0.2) is 15.9 Å². The van der Waals surface area contributed by atoms with E-state index in [1.54, 1.807) is 11.3 Å². The van der Waals surface area contributed by atoms with Crippen molar-refractivity contribution < 1.29 is 9.90 Å². The van der Waals surface area contributed by atoms with Crippen LogP contribution in [0.5, 0.6) is 0 Å². The molecule has 1 unspecified atom stereocenters. The number of aliphatic carboxylic acids is 1. The fraction of sp³-hybridized carbons (Fsp3) is 0.500. The van der Waals surface area contributed by atoms with E-state index in [9.17, 15) is 4.79 Å². The largest absolute Gasteiger partial charge is 0.481 e. The molecule has 5 heteroatoms. The Bertz CT molecular complexity index is 327. The van der Waals surface area contributed by atoms with Crippen molar-refractivity contribution in [2.24, 2.45) is 11.7 Å². The lowest BCUT2D eigenvalue weighted by Gasteiger charge is -2.09. The molecule has 1 rings (SSSR count). The van der Waals surface area contributed by atoms with Crippen molar-refractivity contribution in [2.45, 2.75) is 19.3 Å². The number of hydrogen-bond donors (Lipinski definition) is 2. The van der Waals surface area contributed by atoms with Gasteiger partial charge in [-0.3, -0.25) is 4.79 Å². The van der Waals surface area contributed by atoms with Crippen molar-refractivity contribution in [3.8, 4) is 0 Å². The number of carboxylic acids is 1. The maximum atomic E-state index is 11.0. The summed E-state index contributed by atoms with van der Waals surface area (Å²) >= 11 is 4.95. The highest BCUT2D eigenvalue weighted by Gasteiger charge is 2.18. The molecule has 0 fully saturated rings. The molecule has 1 atom stereocenters. The molecule has 0 aromatic carbocycles. The van der Waals surface area contributed by atoms with Crippen LogP contribution in [0.25, 0.3) is 0 Å². The van der Waals surface area contributed by atoms with E-state index in [0.29, 0.717) is 19.4 Å². The van der Waals surface area contributed by atoms with Gasteiger partial charge in [-0.15, -0.1) is 11.3 Å². The van der Waals surface area contributed by atoms with Gasteiger partial charge in [0.2, 0.25) is 0 Å². The zero-order chi connectivity index (χ0) is 11.3. The first-order chi connectivity index (χ1) is 7.13. The van der Waals surface area contributed by atoms with Gasteiger partial charge < -0.3 is 10.8 Å². The molecular formula is C10H14BrNO2S. The smallest absolute Gasteiger partial charge is 0.306 e. The Morgan fingerprint density at radius 1 is 1.60 bits per heavy atom. The Kier molecular flexibility index (Phi) is 5.28. The Labute approximate surface area is 101 Å². The summed E-state index contributed by atoms with van der Waals surface area (Å²) in [5, 5.41) is 9.02. The number of carbonyl (C=O) groups is 1. The molecule has 0 saturated heterocycles. The highest BCUT2D eigenvalue weighted by atomic mass is 79.9. The zero-order valence-electron chi connectivity index (χ0n) is 8.28.